The number of nitrogens with zero attached hydrogens (tertiary/aromatic N) is 4. The number of carbonyl (C=O) groups excluding carboxylic acids is 1. The Morgan fingerprint density at radius 2 is 2.05 bits per heavy atom. The van der Waals surface area contributed by atoms with Gasteiger partial charge in [-0.2, -0.15) is 4.98 Å². The molecule has 6 nitrogen and oxygen atoms in total. The second kappa shape index (κ2) is 5.10. The first-order valence-corrected chi connectivity index (χ1v) is 6.62. The third-order valence-corrected chi connectivity index (χ3v) is 2.87. The summed E-state index contributed by atoms with van der Waals surface area (Å²) in [5.41, 5.74) is -0.117. The maximum absolute atomic E-state index is 12.1. The van der Waals surface area contributed by atoms with Gasteiger partial charge in [-0.15, -0.1) is 5.10 Å². The van der Waals surface area contributed by atoms with Crippen LogP contribution in [0.15, 0.2) is 12.3 Å². The molecule has 0 unspecified atom stereocenters. The van der Waals surface area contributed by atoms with Gasteiger partial charge < -0.3 is 4.74 Å². The van der Waals surface area contributed by atoms with Crippen LogP contribution >= 0.6 is 23.2 Å². The number of hydrogen-bond donors (Lipinski definition) is 0. The van der Waals surface area contributed by atoms with Crippen molar-refractivity contribution in [1.29, 1.82) is 0 Å². The van der Waals surface area contributed by atoms with Crippen molar-refractivity contribution in [1.82, 2.24) is 14.6 Å². The van der Waals surface area contributed by atoms with Crippen LogP contribution in [0.25, 0.3) is 5.52 Å². The molecule has 0 saturated heterocycles. The lowest BCUT2D eigenvalue weighted by Gasteiger charge is -2.24. The lowest BCUT2D eigenvalue weighted by Crippen LogP contribution is -2.35. The van der Waals surface area contributed by atoms with E-state index in [-0.39, 0.29) is 11.1 Å². The number of halogens is 2. The molecule has 1 amide bonds. The number of ether oxygens (including phenoxy) is 1. The fourth-order valence-corrected chi connectivity index (χ4v) is 1.98. The molecule has 0 aromatic carbocycles. The molecule has 8 heteroatoms. The molecule has 0 fully saturated rings. The average Bonchev–Trinajstić information content (AvgIpc) is 2.66. The Balaban J connectivity index is 2.46. The Morgan fingerprint density at radius 3 is 2.65 bits per heavy atom. The molecule has 0 N–H and O–H groups in total. The normalized spacial score (nSPS) is 11.7. The first kappa shape index (κ1) is 14.9. The lowest BCUT2D eigenvalue weighted by atomic mass is 10.2. The van der Waals surface area contributed by atoms with E-state index in [0.29, 0.717) is 10.5 Å². The summed E-state index contributed by atoms with van der Waals surface area (Å²) >= 11 is 11.9. The first-order chi connectivity index (χ1) is 9.19. The summed E-state index contributed by atoms with van der Waals surface area (Å²) < 4.78 is 6.76. The van der Waals surface area contributed by atoms with E-state index in [9.17, 15) is 4.79 Å². The van der Waals surface area contributed by atoms with E-state index < -0.39 is 11.7 Å². The van der Waals surface area contributed by atoms with Crippen molar-refractivity contribution in [3.8, 4) is 0 Å². The minimum atomic E-state index is -0.607. The molecule has 108 valence electrons. The fraction of sp³-hybridized carbons (Fsp3) is 0.417. The van der Waals surface area contributed by atoms with Crippen molar-refractivity contribution in [2.75, 3.05) is 11.9 Å². The van der Waals surface area contributed by atoms with Crippen LogP contribution in [0.2, 0.25) is 10.3 Å². The smallest absolute Gasteiger partial charge is 0.415 e. The van der Waals surface area contributed by atoms with E-state index in [1.807, 2.05) is 0 Å². The molecular weight excluding hydrogens is 303 g/mol. The van der Waals surface area contributed by atoms with Gasteiger partial charge in [-0.05, 0) is 38.4 Å². The van der Waals surface area contributed by atoms with Gasteiger partial charge in [0, 0.05) is 13.2 Å². The van der Waals surface area contributed by atoms with Gasteiger partial charge in [-0.3, -0.25) is 4.90 Å². The SMILES string of the molecule is CN(C(=O)OC(C)(C)C)c1nc(Cl)nn2ccc(Cl)c12. The molecule has 0 radical (unpaired) electrons. The van der Waals surface area contributed by atoms with Crippen molar-refractivity contribution in [2.45, 2.75) is 26.4 Å². The Bertz CT molecular complexity index is 663. The molecule has 0 aliphatic heterocycles. The number of rotatable bonds is 1. The van der Waals surface area contributed by atoms with Crippen LogP contribution in [0.1, 0.15) is 20.8 Å². The minimum absolute atomic E-state index is 0.00942. The molecule has 2 aromatic heterocycles. The number of hydrogen-bond acceptors (Lipinski definition) is 4. The van der Waals surface area contributed by atoms with Crippen molar-refractivity contribution in [2.24, 2.45) is 0 Å². The zero-order valence-electron chi connectivity index (χ0n) is 11.5. The number of carbonyl (C=O) groups is 1. The summed E-state index contributed by atoms with van der Waals surface area (Å²) in [5.74, 6) is 0.286. The second-order valence-electron chi connectivity index (χ2n) is 5.20. The van der Waals surface area contributed by atoms with Crippen LogP contribution < -0.4 is 4.90 Å². The van der Waals surface area contributed by atoms with E-state index in [1.165, 1.54) is 16.5 Å². The molecular formula is C12H14Cl2N4O2. The highest BCUT2D eigenvalue weighted by atomic mass is 35.5. The molecule has 0 spiro atoms. The Hall–Kier alpha value is -1.53. The maximum Gasteiger partial charge on any atom is 0.415 e. The molecule has 20 heavy (non-hydrogen) atoms. The van der Waals surface area contributed by atoms with Crippen LogP contribution in [-0.2, 0) is 4.74 Å². The van der Waals surface area contributed by atoms with E-state index in [1.54, 1.807) is 33.0 Å². The highest BCUT2D eigenvalue weighted by molar-refractivity contribution is 6.35. The summed E-state index contributed by atoms with van der Waals surface area (Å²) in [6.45, 7) is 5.35. The summed E-state index contributed by atoms with van der Waals surface area (Å²) in [7, 11) is 1.54. The van der Waals surface area contributed by atoms with Gasteiger partial charge in [0.05, 0.1) is 5.02 Å². The number of aromatic nitrogens is 3. The quantitative estimate of drug-likeness (QED) is 0.809. The topological polar surface area (TPSA) is 59.7 Å². The third-order valence-electron chi connectivity index (χ3n) is 2.40. The van der Waals surface area contributed by atoms with Crippen molar-refractivity contribution >= 4 is 40.6 Å². The summed E-state index contributed by atoms with van der Waals surface area (Å²) in [6, 6.07) is 1.65. The number of anilines is 1. The second-order valence-corrected chi connectivity index (χ2v) is 5.95. The predicted octanol–water partition coefficient (Wildman–Crippen LogP) is 3.41. The van der Waals surface area contributed by atoms with Gasteiger partial charge in [-0.1, -0.05) is 11.6 Å². The zero-order chi connectivity index (χ0) is 15.1. The van der Waals surface area contributed by atoms with Gasteiger partial charge in [0.1, 0.15) is 11.1 Å². The monoisotopic (exact) mass is 316 g/mol. The van der Waals surface area contributed by atoms with Gasteiger partial charge in [0.15, 0.2) is 5.82 Å². The summed E-state index contributed by atoms with van der Waals surface area (Å²) in [4.78, 5) is 17.4. The molecule has 2 rings (SSSR count). The first-order valence-electron chi connectivity index (χ1n) is 5.86. The Labute approximate surface area is 126 Å². The molecule has 2 heterocycles. The van der Waals surface area contributed by atoms with Crippen molar-refractivity contribution in [3.05, 3.63) is 22.6 Å². The van der Waals surface area contributed by atoms with E-state index >= 15 is 0 Å². The molecule has 0 saturated carbocycles. The zero-order valence-corrected chi connectivity index (χ0v) is 13.0. The predicted molar refractivity (Wildman–Crippen MR) is 77.6 cm³/mol. The van der Waals surface area contributed by atoms with Crippen LogP contribution in [0.3, 0.4) is 0 Å². The Kier molecular flexibility index (Phi) is 3.80. The molecule has 0 atom stereocenters. The highest BCUT2D eigenvalue weighted by Gasteiger charge is 2.24. The molecule has 0 aliphatic rings. The van der Waals surface area contributed by atoms with Crippen molar-refractivity contribution in [3.63, 3.8) is 0 Å². The largest absolute Gasteiger partial charge is 0.443 e. The summed E-state index contributed by atoms with van der Waals surface area (Å²) in [5, 5.41) is 4.41. The third kappa shape index (κ3) is 2.96. The van der Waals surface area contributed by atoms with Crippen LogP contribution in [0.5, 0.6) is 0 Å². The van der Waals surface area contributed by atoms with Gasteiger partial charge >= 0.3 is 6.09 Å². The average molecular weight is 317 g/mol. The van der Waals surface area contributed by atoms with Gasteiger partial charge in [0.2, 0.25) is 5.28 Å². The van der Waals surface area contributed by atoms with Crippen LogP contribution in [0.4, 0.5) is 10.6 Å². The fourth-order valence-electron chi connectivity index (χ4n) is 1.59. The molecule has 0 bridgehead atoms. The minimum Gasteiger partial charge on any atom is -0.443 e. The maximum atomic E-state index is 12.1. The van der Waals surface area contributed by atoms with Gasteiger partial charge in [0.25, 0.3) is 0 Å². The lowest BCUT2D eigenvalue weighted by molar-refractivity contribution is 0.0588. The van der Waals surface area contributed by atoms with Crippen LogP contribution in [0, 0.1) is 0 Å². The number of fused-ring (bicyclic) bond motifs is 1. The molecule has 2 aromatic rings. The van der Waals surface area contributed by atoms with Crippen molar-refractivity contribution < 1.29 is 9.53 Å². The summed E-state index contributed by atoms with van der Waals surface area (Å²) in [6.07, 6.45) is 1.09. The number of amides is 1. The molecule has 0 aliphatic carbocycles. The van der Waals surface area contributed by atoms with E-state index in [2.05, 4.69) is 10.1 Å². The van der Waals surface area contributed by atoms with E-state index in [4.69, 9.17) is 27.9 Å². The van der Waals surface area contributed by atoms with Gasteiger partial charge in [-0.25, -0.2) is 9.31 Å². The Morgan fingerprint density at radius 1 is 1.40 bits per heavy atom. The van der Waals surface area contributed by atoms with Crippen LogP contribution in [-0.4, -0.2) is 33.3 Å². The van der Waals surface area contributed by atoms with E-state index in [0.717, 1.165) is 0 Å². The standard InChI is InChI=1S/C12H14Cl2N4O2/c1-12(2,3)20-11(19)17(4)9-8-7(13)5-6-18(8)16-10(14)15-9/h5-6H,1-4H3. The highest BCUT2D eigenvalue weighted by Crippen LogP contribution is 2.28.